The van der Waals surface area contributed by atoms with E-state index in [2.05, 4.69) is 5.32 Å². The summed E-state index contributed by atoms with van der Waals surface area (Å²) in [7, 11) is 1.59. The first-order valence-corrected chi connectivity index (χ1v) is 6.37. The van der Waals surface area contributed by atoms with Crippen molar-refractivity contribution in [2.45, 2.75) is 13.0 Å². The third kappa shape index (κ3) is 3.09. The molecule has 0 saturated carbocycles. The van der Waals surface area contributed by atoms with Crippen LogP contribution in [0.3, 0.4) is 0 Å². The van der Waals surface area contributed by atoms with Crippen LogP contribution in [0.5, 0.6) is 5.75 Å². The second kappa shape index (κ2) is 6.10. The molecule has 3 N–H and O–H groups in total. The second-order valence-electron chi connectivity index (χ2n) is 4.57. The van der Waals surface area contributed by atoms with Crippen LogP contribution in [-0.4, -0.2) is 13.0 Å². The predicted molar refractivity (Wildman–Crippen MR) is 79.7 cm³/mol. The molecule has 0 aliphatic carbocycles. The van der Waals surface area contributed by atoms with Crippen LogP contribution in [0.4, 0.5) is 5.69 Å². The number of carbonyl (C=O) groups excluding carboxylic acids is 1. The number of para-hydroxylation sites is 1. The third-order valence-electron chi connectivity index (χ3n) is 3.16. The number of aryl methyl sites for hydroxylation is 1. The number of ether oxygens (including phenoxy) is 1. The molecule has 20 heavy (non-hydrogen) atoms. The zero-order chi connectivity index (χ0) is 14.5. The molecule has 0 spiro atoms. The number of nitrogens with two attached hydrogens (primary N) is 1. The number of nitrogens with one attached hydrogen (secondary N) is 1. The Hall–Kier alpha value is -2.49. The highest BCUT2D eigenvalue weighted by molar-refractivity contribution is 5.84. The topological polar surface area (TPSA) is 64.3 Å². The standard InChI is InChI=1S/C16H18N2O2/c1-11-6-3-4-9-14(11)18-15(16(17)19)12-7-5-8-13(10-12)20-2/h3-10,15,18H,1-2H3,(H2,17,19). The van der Waals surface area contributed by atoms with E-state index in [0.29, 0.717) is 5.75 Å². The Labute approximate surface area is 118 Å². The van der Waals surface area contributed by atoms with Crippen LogP contribution in [0.15, 0.2) is 48.5 Å². The lowest BCUT2D eigenvalue weighted by Gasteiger charge is -2.19. The highest BCUT2D eigenvalue weighted by atomic mass is 16.5. The van der Waals surface area contributed by atoms with Gasteiger partial charge < -0.3 is 15.8 Å². The van der Waals surface area contributed by atoms with Crippen LogP contribution >= 0.6 is 0 Å². The summed E-state index contributed by atoms with van der Waals surface area (Å²) in [4.78, 5) is 11.7. The van der Waals surface area contributed by atoms with Gasteiger partial charge in [-0.15, -0.1) is 0 Å². The molecule has 2 rings (SSSR count). The summed E-state index contributed by atoms with van der Waals surface area (Å²) in [6, 6.07) is 14.5. The monoisotopic (exact) mass is 270 g/mol. The van der Waals surface area contributed by atoms with Crippen molar-refractivity contribution in [2.75, 3.05) is 12.4 Å². The second-order valence-corrected chi connectivity index (χ2v) is 4.57. The van der Waals surface area contributed by atoms with Gasteiger partial charge in [-0.25, -0.2) is 0 Å². The number of primary amides is 1. The van der Waals surface area contributed by atoms with Gasteiger partial charge in [-0.3, -0.25) is 4.79 Å². The molecule has 0 radical (unpaired) electrons. The van der Waals surface area contributed by atoms with Gasteiger partial charge >= 0.3 is 0 Å². The predicted octanol–water partition coefficient (Wildman–Crippen LogP) is 2.64. The Morgan fingerprint density at radius 2 is 1.95 bits per heavy atom. The van der Waals surface area contributed by atoms with Crippen LogP contribution in [-0.2, 0) is 4.79 Å². The number of methoxy groups -OCH3 is 1. The van der Waals surface area contributed by atoms with E-state index in [9.17, 15) is 4.79 Å². The van der Waals surface area contributed by atoms with Gasteiger partial charge in [0.15, 0.2) is 0 Å². The first-order chi connectivity index (χ1) is 9.61. The molecule has 0 saturated heterocycles. The van der Waals surface area contributed by atoms with Gasteiger partial charge in [-0.05, 0) is 36.2 Å². The summed E-state index contributed by atoms with van der Waals surface area (Å²) >= 11 is 0. The van der Waals surface area contributed by atoms with E-state index >= 15 is 0 Å². The fourth-order valence-corrected chi connectivity index (χ4v) is 2.03. The van der Waals surface area contributed by atoms with Gasteiger partial charge in [-0.2, -0.15) is 0 Å². The lowest BCUT2D eigenvalue weighted by molar-refractivity contribution is -0.118. The number of benzene rings is 2. The fraction of sp³-hybridized carbons (Fsp3) is 0.188. The average molecular weight is 270 g/mol. The smallest absolute Gasteiger partial charge is 0.244 e. The van der Waals surface area contributed by atoms with E-state index in [0.717, 1.165) is 16.8 Å². The van der Waals surface area contributed by atoms with Crippen molar-refractivity contribution in [3.05, 3.63) is 59.7 Å². The van der Waals surface area contributed by atoms with E-state index < -0.39 is 11.9 Å². The summed E-state index contributed by atoms with van der Waals surface area (Å²) in [5, 5.41) is 3.18. The van der Waals surface area contributed by atoms with Gasteiger partial charge in [0.05, 0.1) is 7.11 Å². The summed E-state index contributed by atoms with van der Waals surface area (Å²) < 4.78 is 5.18. The minimum atomic E-state index is -0.591. The van der Waals surface area contributed by atoms with E-state index in [1.807, 2.05) is 49.4 Å². The molecule has 104 valence electrons. The first kappa shape index (κ1) is 13.9. The quantitative estimate of drug-likeness (QED) is 0.877. The molecule has 4 heteroatoms. The van der Waals surface area contributed by atoms with Crippen molar-refractivity contribution in [1.82, 2.24) is 0 Å². The Morgan fingerprint density at radius 1 is 1.20 bits per heavy atom. The van der Waals surface area contributed by atoms with Crippen molar-refractivity contribution in [2.24, 2.45) is 5.73 Å². The lowest BCUT2D eigenvalue weighted by atomic mass is 10.0. The van der Waals surface area contributed by atoms with Gasteiger partial charge in [0, 0.05) is 5.69 Å². The number of hydrogen-bond donors (Lipinski definition) is 2. The number of anilines is 1. The molecular weight excluding hydrogens is 252 g/mol. The Morgan fingerprint density at radius 3 is 2.60 bits per heavy atom. The molecule has 0 heterocycles. The van der Waals surface area contributed by atoms with E-state index in [1.54, 1.807) is 13.2 Å². The molecule has 1 atom stereocenters. The largest absolute Gasteiger partial charge is 0.497 e. The number of rotatable bonds is 5. The average Bonchev–Trinajstić information content (AvgIpc) is 2.46. The highest BCUT2D eigenvalue weighted by Crippen LogP contribution is 2.24. The molecule has 0 aromatic heterocycles. The van der Waals surface area contributed by atoms with Crippen molar-refractivity contribution in [3.8, 4) is 5.75 Å². The van der Waals surface area contributed by atoms with E-state index in [4.69, 9.17) is 10.5 Å². The van der Waals surface area contributed by atoms with Gasteiger partial charge in [0.1, 0.15) is 11.8 Å². The lowest BCUT2D eigenvalue weighted by Crippen LogP contribution is -2.28. The minimum absolute atomic E-state index is 0.429. The maximum Gasteiger partial charge on any atom is 0.244 e. The normalized spacial score (nSPS) is 11.7. The van der Waals surface area contributed by atoms with Crippen molar-refractivity contribution < 1.29 is 9.53 Å². The third-order valence-corrected chi connectivity index (χ3v) is 3.16. The van der Waals surface area contributed by atoms with Crippen LogP contribution in [0.1, 0.15) is 17.2 Å². The zero-order valence-electron chi connectivity index (χ0n) is 11.6. The molecule has 0 aliphatic heterocycles. The summed E-state index contributed by atoms with van der Waals surface area (Å²) in [5.41, 5.74) is 8.24. The van der Waals surface area contributed by atoms with Gasteiger partial charge in [0.25, 0.3) is 0 Å². The molecule has 2 aromatic carbocycles. The Balaban J connectivity index is 2.32. The van der Waals surface area contributed by atoms with Crippen LogP contribution in [0.25, 0.3) is 0 Å². The Bertz CT molecular complexity index is 611. The number of hydrogen-bond acceptors (Lipinski definition) is 3. The summed E-state index contributed by atoms with van der Waals surface area (Å²) in [5.74, 6) is 0.266. The SMILES string of the molecule is COc1cccc(C(Nc2ccccc2C)C(N)=O)c1. The summed E-state index contributed by atoms with van der Waals surface area (Å²) in [6.45, 7) is 1.98. The van der Waals surface area contributed by atoms with E-state index in [1.165, 1.54) is 0 Å². The molecular formula is C16H18N2O2. The minimum Gasteiger partial charge on any atom is -0.497 e. The molecule has 0 aliphatic rings. The highest BCUT2D eigenvalue weighted by Gasteiger charge is 2.18. The maximum atomic E-state index is 11.7. The molecule has 4 nitrogen and oxygen atoms in total. The maximum absolute atomic E-state index is 11.7. The van der Waals surface area contributed by atoms with Crippen molar-refractivity contribution in [1.29, 1.82) is 0 Å². The summed E-state index contributed by atoms with van der Waals surface area (Å²) in [6.07, 6.45) is 0. The van der Waals surface area contributed by atoms with E-state index in [-0.39, 0.29) is 0 Å². The van der Waals surface area contributed by atoms with Crippen LogP contribution in [0, 0.1) is 6.92 Å². The van der Waals surface area contributed by atoms with Crippen LogP contribution in [0.2, 0.25) is 0 Å². The van der Waals surface area contributed by atoms with Crippen molar-refractivity contribution in [3.63, 3.8) is 0 Å². The zero-order valence-corrected chi connectivity index (χ0v) is 11.6. The van der Waals surface area contributed by atoms with Gasteiger partial charge in [-0.1, -0.05) is 30.3 Å². The van der Waals surface area contributed by atoms with Crippen LogP contribution < -0.4 is 15.8 Å². The first-order valence-electron chi connectivity index (χ1n) is 6.37. The molecule has 1 unspecified atom stereocenters. The number of carbonyl (C=O) groups is 1. The molecule has 1 amide bonds. The molecule has 0 fully saturated rings. The molecule has 0 bridgehead atoms. The van der Waals surface area contributed by atoms with Crippen molar-refractivity contribution >= 4 is 11.6 Å². The fourth-order valence-electron chi connectivity index (χ4n) is 2.03. The molecule has 2 aromatic rings. The Kier molecular flexibility index (Phi) is 4.25. The van der Waals surface area contributed by atoms with Gasteiger partial charge in [0.2, 0.25) is 5.91 Å². The number of amides is 1.